The molecule has 2 aliphatic rings. The first kappa shape index (κ1) is 19.6. The van der Waals surface area contributed by atoms with Crippen LogP contribution in [0.4, 0.5) is 15.9 Å². The summed E-state index contributed by atoms with van der Waals surface area (Å²) >= 11 is 6.07. The fourth-order valence-corrected chi connectivity index (χ4v) is 5.09. The summed E-state index contributed by atoms with van der Waals surface area (Å²) in [5.41, 5.74) is 7.29. The summed E-state index contributed by atoms with van der Waals surface area (Å²) in [5, 5.41) is 13.4. The number of anilines is 2. The summed E-state index contributed by atoms with van der Waals surface area (Å²) in [7, 11) is 0. The molecule has 4 N–H and O–H groups in total. The average molecular weight is 440 g/mol. The van der Waals surface area contributed by atoms with Gasteiger partial charge in [0.2, 0.25) is 0 Å². The molecule has 2 fully saturated rings. The molecule has 3 aromatic rings. The predicted octanol–water partition coefficient (Wildman–Crippen LogP) is 3.33. The Bertz CT molecular complexity index is 1220. The lowest BCUT2D eigenvalue weighted by Gasteiger charge is -2.40. The summed E-state index contributed by atoms with van der Waals surface area (Å²) in [4.78, 5) is 25.4. The van der Waals surface area contributed by atoms with Gasteiger partial charge in [0.05, 0.1) is 16.8 Å². The maximum absolute atomic E-state index is 14.7. The van der Waals surface area contributed by atoms with Crippen LogP contribution in [0, 0.1) is 17.1 Å². The molecular weight excluding hydrogens is 421 g/mol. The van der Waals surface area contributed by atoms with E-state index in [2.05, 4.69) is 20.3 Å². The van der Waals surface area contributed by atoms with Crippen LogP contribution in [0.3, 0.4) is 0 Å². The van der Waals surface area contributed by atoms with Gasteiger partial charge in [0.15, 0.2) is 11.6 Å². The summed E-state index contributed by atoms with van der Waals surface area (Å²) in [6.45, 7) is 0. The second-order valence-corrected chi connectivity index (χ2v) is 8.36. The Kier molecular flexibility index (Phi) is 4.67. The number of fused-ring (bicyclic) bond motifs is 3. The van der Waals surface area contributed by atoms with Gasteiger partial charge in [0.1, 0.15) is 16.9 Å². The Morgan fingerprint density at radius 3 is 2.81 bits per heavy atom. The number of piperidine rings is 1. The molecule has 0 aromatic carbocycles. The first-order valence-electron chi connectivity index (χ1n) is 10.0. The largest absolute Gasteiger partial charge is 0.381 e. The third kappa shape index (κ3) is 3.24. The lowest BCUT2D eigenvalue weighted by Crippen LogP contribution is -2.48. The topological polar surface area (TPSA) is 124 Å². The quantitative estimate of drug-likeness (QED) is 0.535. The van der Waals surface area contributed by atoms with Gasteiger partial charge in [-0.25, -0.2) is 14.4 Å². The van der Waals surface area contributed by atoms with Crippen LogP contribution < -0.4 is 16.0 Å². The zero-order chi connectivity index (χ0) is 21.7. The number of carbonyl (C=O) groups excluding carboxylic acids is 1. The van der Waals surface area contributed by atoms with Crippen LogP contribution in [-0.2, 0) is 0 Å². The zero-order valence-corrected chi connectivity index (χ0v) is 17.2. The number of hydrogen-bond donors (Lipinski definition) is 3. The van der Waals surface area contributed by atoms with E-state index in [9.17, 15) is 9.18 Å². The van der Waals surface area contributed by atoms with Crippen LogP contribution >= 0.6 is 11.6 Å². The fraction of sp³-hybridized carbons (Fsp3) is 0.333. The Morgan fingerprint density at radius 1 is 1.39 bits per heavy atom. The number of hydrogen-bond acceptors (Lipinski definition) is 6. The van der Waals surface area contributed by atoms with Gasteiger partial charge in [-0.2, -0.15) is 5.26 Å². The van der Waals surface area contributed by atoms with Gasteiger partial charge in [-0.1, -0.05) is 11.6 Å². The van der Waals surface area contributed by atoms with Crippen LogP contribution in [0.5, 0.6) is 0 Å². The van der Waals surface area contributed by atoms with Crippen LogP contribution in [0.15, 0.2) is 24.5 Å². The molecular formula is C21H19ClFN7O. The molecule has 8 nitrogen and oxygen atoms in total. The number of nitrogens with two attached hydrogens (primary N) is 1. The highest BCUT2D eigenvalue weighted by Gasteiger charge is 2.43. The first-order chi connectivity index (χ1) is 15.0. The highest BCUT2D eigenvalue weighted by Crippen LogP contribution is 2.41. The minimum Gasteiger partial charge on any atom is -0.381 e. The van der Waals surface area contributed by atoms with E-state index in [0.717, 1.165) is 37.1 Å². The normalized spacial score (nSPS) is 22.5. The van der Waals surface area contributed by atoms with E-state index in [-0.39, 0.29) is 34.7 Å². The van der Waals surface area contributed by atoms with Gasteiger partial charge >= 0.3 is 0 Å². The molecule has 0 radical (unpaired) electrons. The molecule has 31 heavy (non-hydrogen) atoms. The molecule has 5 rings (SSSR count). The number of nitriles is 1. The SMILES string of the molecule is N#Cc1cc(F)c(N2[C@@H]3CC[C@H]2CC(Nc2c(C(N)=O)cnc4[nH]ccc24)C3)nc1Cl. The van der Waals surface area contributed by atoms with E-state index in [1.807, 2.05) is 17.0 Å². The number of nitrogens with one attached hydrogen (secondary N) is 2. The molecule has 1 amide bonds. The van der Waals surface area contributed by atoms with E-state index >= 15 is 0 Å². The predicted molar refractivity (Wildman–Crippen MR) is 114 cm³/mol. The van der Waals surface area contributed by atoms with Crippen molar-refractivity contribution in [3.05, 3.63) is 46.6 Å². The van der Waals surface area contributed by atoms with Crippen LogP contribution in [0.2, 0.25) is 5.15 Å². The average Bonchev–Trinajstić information content (AvgIpc) is 3.32. The second kappa shape index (κ2) is 7.39. The monoisotopic (exact) mass is 439 g/mol. The third-order valence-electron chi connectivity index (χ3n) is 6.21. The van der Waals surface area contributed by atoms with Crippen molar-refractivity contribution in [2.75, 3.05) is 10.2 Å². The summed E-state index contributed by atoms with van der Waals surface area (Å²) in [6, 6.07) is 5.08. The summed E-state index contributed by atoms with van der Waals surface area (Å²) in [5.74, 6) is -0.884. The summed E-state index contributed by atoms with van der Waals surface area (Å²) in [6.07, 6.45) is 6.53. The molecule has 2 bridgehead atoms. The lowest BCUT2D eigenvalue weighted by molar-refractivity contribution is 0.100. The number of aromatic amines is 1. The number of nitrogens with zero attached hydrogens (tertiary/aromatic N) is 4. The third-order valence-corrected chi connectivity index (χ3v) is 6.50. The van der Waals surface area contributed by atoms with Crippen LogP contribution in [-0.4, -0.2) is 39.0 Å². The minimum atomic E-state index is -0.544. The standard InChI is InChI=1S/C21H19ClFN7O/c22-18-10(8-24)5-16(23)21(29-18)30-12-1-2-13(30)7-11(6-12)28-17-14-3-4-26-20(14)27-9-15(17)19(25)31/h3-5,9,11-13H,1-2,6-7H2,(H2,25,31)(H2,26,27,28)/t11?,12-,13+. The van der Waals surface area contributed by atoms with Crippen molar-refractivity contribution in [3.63, 3.8) is 0 Å². The molecule has 158 valence electrons. The second-order valence-electron chi connectivity index (χ2n) is 8.00. The maximum atomic E-state index is 14.7. The van der Waals surface area contributed by atoms with Crippen molar-refractivity contribution in [2.45, 2.75) is 43.8 Å². The van der Waals surface area contributed by atoms with E-state index in [0.29, 0.717) is 16.9 Å². The van der Waals surface area contributed by atoms with Crippen molar-refractivity contribution in [1.82, 2.24) is 15.0 Å². The fourth-order valence-electron chi connectivity index (χ4n) is 4.91. The lowest BCUT2D eigenvalue weighted by atomic mass is 9.96. The number of halogens is 2. The van der Waals surface area contributed by atoms with Crippen molar-refractivity contribution in [2.24, 2.45) is 5.73 Å². The van der Waals surface area contributed by atoms with E-state index < -0.39 is 11.7 Å². The van der Waals surface area contributed by atoms with Crippen molar-refractivity contribution >= 4 is 40.0 Å². The van der Waals surface area contributed by atoms with Gasteiger partial charge in [-0.15, -0.1) is 0 Å². The highest BCUT2D eigenvalue weighted by molar-refractivity contribution is 6.30. The molecule has 10 heteroatoms. The van der Waals surface area contributed by atoms with Crippen molar-refractivity contribution in [1.29, 1.82) is 5.26 Å². The molecule has 5 heterocycles. The number of amides is 1. The number of aromatic nitrogens is 3. The number of rotatable bonds is 4. The Hall–Kier alpha value is -3.38. The van der Waals surface area contributed by atoms with Gasteiger partial charge in [0.25, 0.3) is 5.91 Å². The van der Waals surface area contributed by atoms with Crippen LogP contribution in [0.25, 0.3) is 11.0 Å². The number of carbonyl (C=O) groups is 1. The Morgan fingerprint density at radius 2 is 2.13 bits per heavy atom. The molecule has 2 saturated heterocycles. The van der Waals surface area contributed by atoms with E-state index in [1.165, 1.54) is 6.20 Å². The Labute approximate surface area is 182 Å². The Balaban J connectivity index is 1.43. The highest BCUT2D eigenvalue weighted by atomic mass is 35.5. The molecule has 0 spiro atoms. The number of H-pyrrole nitrogens is 1. The zero-order valence-electron chi connectivity index (χ0n) is 16.4. The van der Waals surface area contributed by atoms with E-state index in [1.54, 1.807) is 6.20 Å². The van der Waals surface area contributed by atoms with Gasteiger partial charge in [0, 0.05) is 35.9 Å². The maximum Gasteiger partial charge on any atom is 0.252 e. The van der Waals surface area contributed by atoms with Gasteiger partial charge < -0.3 is 20.9 Å². The minimum absolute atomic E-state index is 0.0104. The number of primary amides is 1. The molecule has 3 atom stereocenters. The molecule has 0 saturated carbocycles. The van der Waals surface area contributed by atoms with Gasteiger partial charge in [-0.05, 0) is 37.8 Å². The smallest absolute Gasteiger partial charge is 0.252 e. The molecule has 2 aliphatic heterocycles. The van der Waals surface area contributed by atoms with Crippen molar-refractivity contribution in [3.8, 4) is 6.07 Å². The van der Waals surface area contributed by atoms with Gasteiger partial charge in [-0.3, -0.25) is 4.79 Å². The molecule has 3 aromatic heterocycles. The van der Waals surface area contributed by atoms with Crippen molar-refractivity contribution < 1.29 is 9.18 Å². The van der Waals surface area contributed by atoms with Crippen LogP contribution in [0.1, 0.15) is 41.6 Å². The van der Waals surface area contributed by atoms with E-state index in [4.69, 9.17) is 22.6 Å². The summed E-state index contributed by atoms with van der Waals surface area (Å²) < 4.78 is 14.7. The number of pyridine rings is 2. The molecule has 1 unspecified atom stereocenters. The first-order valence-corrected chi connectivity index (χ1v) is 10.4. The molecule has 0 aliphatic carbocycles.